The maximum Gasteiger partial charge on any atom is 0.249 e. The summed E-state index contributed by atoms with van der Waals surface area (Å²) in [5, 5.41) is 20.7. The Bertz CT molecular complexity index is 810. The Morgan fingerprint density at radius 1 is 0.767 bits per heavy atom. The first-order valence-corrected chi connectivity index (χ1v) is 8.87. The van der Waals surface area contributed by atoms with Crippen molar-refractivity contribution in [2.24, 2.45) is 11.5 Å². The molecule has 0 aliphatic rings. The van der Waals surface area contributed by atoms with Crippen LogP contribution in [0.5, 0.6) is 0 Å². The fourth-order valence-electron chi connectivity index (χ4n) is 2.65. The zero-order chi connectivity index (χ0) is 22.3. The number of amides is 2. The molecule has 2 amide bonds. The second-order valence-electron chi connectivity index (χ2n) is 6.43. The number of halogens is 2. The third kappa shape index (κ3) is 6.04. The topological polar surface area (TPSA) is 145 Å². The van der Waals surface area contributed by atoms with Gasteiger partial charge in [0.05, 0.1) is 13.2 Å². The Labute approximate surface area is 171 Å². The highest BCUT2D eigenvalue weighted by molar-refractivity contribution is 5.81. The van der Waals surface area contributed by atoms with E-state index in [0.29, 0.717) is 0 Å². The molecule has 0 bridgehead atoms. The second kappa shape index (κ2) is 10.7. The number of carbonyl (C=O) groups is 2. The van der Waals surface area contributed by atoms with E-state index in [1.807, 2.05) is 0 Å². The molecule has 0 saturated carbocycles. The van der Waals surface area contributed by atoms with Gasteiger partial charge >= 0.3 is 0 Å². The van der Waals surface area contributed by atoms with Gasteiger partial charge in [0.1, 0.15) is 23.8 Å². The third-order valence-corrected chi connectivity index (χ3v) is 4.28. The van der Waals surface area contributed by atoms with Crippen molar-refractivity contribution in [3.8, 4) is 0 Å². The average Bonchev–Trinajstić information content (AvgIpc) is 2.70. The summed E-state index contributed by atoms with van der Waals surface area (Å²) in [6.45, 7) is -0.886. The van der Waals surface area contributed by atoms with Gasteiger partial charge in [-0.15, -0.1) is 0 Å². The fraction of sp³-hybridized carbons (Fsp3) is 0.300. The lowest BCUT2D eigenvalue weighted by Gasteiger charge is -2.29. The zero-order valence-electron chi connectivity index (χ0n) is 15.8. The minimum Gasteiger partial charge on any atom is -0.387 e. The van der Waals surface area contributed by atoms with Gasteiger partial charge in [-0.05, 0) is 12.1 Å². The molecule has 0 spiro atoms. The number of hydrogen-bond acceptors (Lipinski definition) is 6. The standard InChI is InChI=1S/C20H22F2N2O6/c21-13-7-3-1-5-11(13)9-29-17(19(23)27)15(25)16(26)18(20(24)28)30-10-12-6-2-4-8-14(12)22/h1-8,15-18,25-26H,9-10H2,(H2,23,27)(H2,24,28)/t15-,16-,17-,18-/m1/s1. The van der Waals surface area contributed by atoms with Crippen LogP contribution in [0, 0.1) is 11.6 Å². The predicted molar refractivity (Wildman–Crippen MR) is 100 cm³/mol. The van der Waals surface area contributed by atoms with E-state index in [-0.39, 0.29) is 11.1 Å². The summed E-state index contributed by atoms with van der Waals surface area (Å²) in [5.74, 6) is -3.57. The lowest BCUT2D eigenvalue weighted by molar-refractivity contribution is -0.167. The Balaban J connectivity index is 2.09. The van der Waals surface area contributed by atoms with Crippen molar-refractivity contribution >= 4 is 11.8 Å². The highest BCUT2D eigenvalue weighted by Crippen LogP contribution is 2.16. The maximum absolute atomic E-state index is 13.7. The van der Waals surface area contributed by atoms with Crippen molar-refractivity contribution < 1.29 is 38.1 Å². The lowest BCUT2D eigenvalue weighted by atomic mass is 10.0. The number of benzene rings is 2. The molecule has 0 aliphatic heterocycles. The minimum atomic E-state index is -2.03. The summed E-state index contributed by atoms with van der Waals surface area (Å²) >= 11 is 0. The summed E-state index contributed by atoms with van der Waals surface area (Å²) < 4.78 is 37.8. The van der Waals surface area contributed by atoms with Crippen LogP contribution in [0.1, 0.15) is 11.1 Å². The SMILES string of the molecule is NC(=O)[C@H](OCc1ccccc1F)[C@H](O)[C@@H](O)[C@@H](OCc1ccccc1F)C(N)=O. The van der Waals surface area contributed by atoms with Gasteiger partial charge < -0.3 is 31.2 Å². The van der Waals surface area contributed by atoms with Crippen molar-refractivity contribution in [2.75, 3.05) is 0 Å². The first-order valence-electron chi connectivity index (χ1n) is 8.87. The summed E-state index contributed by atoms with van der Waals surface area (Å²) in [6, 6.07) is 11.1. The van der Waals surface area contributed by atoms with Crippen molar-refractivity contribution in [3.05, 3.63) is 71.3 Å². The molecule has 10 heteroatoms. The maximum atomic E-state index is 13.7. The normalized spacial score (nSPS) is 15.2. The molecule has 0 unspecified atom stereocenters. The summed E-state index contributed by atoms with van der Waals surface area (Å²) in [6.07, 6.45) is -7.68. The summed E-state index contributed by atoms with van der Waals surface area (Å²) in [5.41, 5.74) is 10.6. The van der Waals surface area contributed by atoms with E-state index in [1.54, 1.807) is 0 Å². The fourth-order valence-corrected chi connectivity index (χ4v) is 2.65. The van der Waals surface area contributed by atoms with Gasteiger partial charge in [0.15, 0.2) is 12.2 Å². The van der Waals surface area contributed by atoms with E-state index < -0.39 is 61.1 Å². The molecular formula is C20H22F2N2O6. The molecule has 0 aromatic heterocycles. The molecule has 30 heavy (non-hydrogen) atoms. The molecule has 2 aromatic carbocycles. The van der Waals surface area contributed by atoms with Gasteiger partial charge in [-0.2, -0.15) is 0 Å². The van der Waals surface area contributed by atoms with E-state index >= 15 is 0 Å². The first kappa shape index (κ1) is 23.4. The van der Waals surface area contributed by atoms with Crippen LogP contribution in [-0.4, -0.2) is 46.4 Å². The Morgan fingerprint density at radius 3 is 1.40 bits per heavy atom. The first-order chi connectivity index (χ1) is 14.2. The Morgan fingerprint density at radius 2 is 1.10 bits per heavy atom. The highest BCUT2D eigenvalue weighted by atomic mass is 19.1. The van der Waals surface area contributed by atoms with E-state index in [2.05, 4.69) is 0 Å². The molecule has 0 radical (unpaired) electrons. The molecular weight excluding hydrogens is 402 g/mol. The predicted octanol–water partition coefficient (Wildman–Crippen LogP) is 0.128. The largest absolute Gasteiger partial charge is 0.387 e. The highest BCUT2D eigenvalue weighted by Gasteiger charge is 2.39. The molecule has 2 aromatic rings. The average molecular weight is 424 g/mol. The van der Waals surface area contributed by atoms with Crippen LogP contribution in [0.3, 0.4) is 0 Å². The molecule has 0 aliphatic carbocycles. The quantitative estimate of drug-likeness (QED) is 0.403. The van der Waals surface area contributed by atoms with Gasteiger partial charge in [-0.3, -0.25) is 9.59 Å². The van der Waals surface area contributed by atoms with Crippen molar-refractivity contribution in [2.45, 2.75) is 37.6 Å². The lowest BCUT2D eigenvalue weighted by Crippen LogP contribution is -2.54. The van der Waals surface area contributed by atoms with Gasteiger partial charge in [-0.1, -0.05) is 36.4 Å². The smallest absolute Gasteiger partial charge is 0.249 e. The summed E-state index contributed by atoms with van der Waals surface area (Å²) in [7, 11) is 0. The number of aliphatic hydroxyl groups is 2. The van der Waals surface area contributed by atoms with E-state index in [1.165, 1.54) is 48.5 Å². The van der Waals surface area contributed by atoms with Crippen LogP contribution in [0.2, 0.25) is 0 Å². The number of nitrogens with two attached hydrogens (primary N) is 2. The number of aliphatic hydroxyl groups excluding tert-OH is 2. The van der Waals surface area contributed by atoms with Crippen LogP contribution in [0.25, 0.3) is 0 Å². The molecule has 0 fully saturated rings. The number of carbonyl (C=O) groups excluding carboxylic acids is 2. The summed E-state index contributed by atoms with van der Waals surface area (Å²) in [4.78, 5) is 23.4. The molecule has 6 N–H and O–H groups in total. The monoisotopic (exact) mass is 424 g/mol. The molecule has 0 heterocycles. The number of rotatable bonds is 11. The van der Waals surface area contributed by atoms with Crippen LogP contribution in [0.15, 0.2) is 48.5 Å². The van der Waals surface area contributed by atoms with Gasteiger partial charge in [0.25, 0.3) is 0 Å². The Kier molecular flexibility index (Phi) is 8.36. The van der Waals surface area contributed by atoms with E-state index in [0.717, 1.165) is 0 Å². The van der Waals surface area contributed by atoms with Crippen LogP contribution in [0.4, 0.5) is 8.78 Å². The van der Waals surface area contributed by atoms with Crippen LogP contribution in [-0.2, 0) is 32.3 Å². The van der Waals surface area contributed by atoms with Crippen LogP contribution < -0.4 is 11.5 Å². The van der Waals surface area contributed by atoms with Gasteiger partial charge in [-0.25, -0.2) is 8.78 Å². The van der Waals surface area contributed by atoms with Crippen molar-refractivity contribution in [1.82, 2.24) is 0 Å². The van der Waals surface area contributed by atoms with Crippen molar-refractivity contribution in [3.63, 3.8) is 0 Å². The number of primary amides is 2. The number of ether oxygens (including phenoxy) is 2. The van der Waals surface area contributed by atoms with Gasteiger partial charge in [0.2, 0.25) is 11.8 Å². The van der Waals surface area contributed by atoms with Gasteiger partial charge in [0, 0.05) is 11.1 Å². The Hall–Kier alpha value is -2.92. The van der Waals surface area contributed by atoms with Crippen molar-refractivity contribution in [1.29, 1.82) is 0 Å². The minimum absolute atomic E-state index is 0.0766. The second-order valence-corrected chi connectivity index (χ2v) is 6.43. The van der Waals surface area contributed by atoms with E-state index in [4.69, 9.17) is 20.9 Å². The molecule has 8 nitrogen and oxygen atoms in total. The number of hydrogen-bond donors (Lipinski definition) is 4. The zero-order valence-corrected chi connectivity index (χ0v) is 15.8. The van der Waals surface area contributed by atoms with Crippen LogP contribution >= 0.6 is 0 Å². The molecule has 0 saturated heterocycles. The molecule has 4 atom stereocenters. The molecule has 162 valence electrons. The molecule has 2 rings (SSSR count). The van der Waals surface area contributed by atoms with E-state index in [9.17, 15) is 28.6 Å². The third-order valence-electron chi connectivity index (χ3n) is 4.28.